The molecular formula is C18H21N3O4. The third-order valence-corrected chi connectivity index (χ3v) is 3.31. The van der Waals surface area contributed by atoms with Gasteiger partial charge < -0.3 is 15.2 Å². The van der Waals surface area contributed by atoms with Gasteiger partial charge in [-0.3, -0.25) is 10.1 Å². The van der Waals surface area contributed by atoms with Gasteiger partial charge in [0.2, 0.25) is 5.91 Å². The van der Waals surface area contributed by atoms with E-state index in [0.717, 1.165) is 19.3 Å². The molecule has 1 heterocycles. The summed E-state index contributed by atoms with van der Waals surface area (Å²) < 4.78 is 10.6. The van der Waals surface area contributed by atoms with Gasteiger partial charge in [0.1, 0.15) is 0 Å². The van der Waals surface area contributed by atoms with Crippen molar-refractivity contribution in [1.29, 1.82) is 0 Å². The summed E-state index contributed by atoms with van der Waals surface area (Å²) >= 11 is 0. The molecule has 0 saturated heterocycles. The first-order chi connectivity index (χ1) is 12.2. The Morgan fingerprint density at radius 2 is 1.88 bits per heavy atom. The van der Waals surface area contributed by atoms with Gasteiger partial charge in [-0.25, -0.2) is 9.78 Å². The summed E-state index contributed by atoms with van der Waals surface area (Å²) in [6, 6.07) is 13.5. The Labute approximate surface area is 146 Å². The lowest BCUT2D eigenvalue weighted by atomic mass is 10.1. The summed E-state index contributed by atoms with van der Waals surface area (Å²) in [5.41, 5.74) is 6.41. The summed E-state index contributed by atoms with van der Waals surface area (Å²) in [5.74, 6) is -0.283. The van der Waals surface area contributed by atoms with Crippen LogP contribution in [0.1, 0.15) is 18.4 Å². The summed E-state index contributed by atoms with van der Waals surface area (Å²) in [7, 11) is 0. The number of carbonyl (C=O) groups is 2. The fourth-order valence-electron chi connectivity index (χ4n) is 2.10. The molecule has 2 rings (SSSR count). The van der Waals surface area contributed by atoms with Gasteiger partial charge in [-0.1, -0.05) is 30.3 Å². The van der Waals surface area contributed by atoms with E-state index in [0.29, 0.717) is 12.4 Å². The summed E-state index contributed by atoms with van der Waals surface area (Å²) in [6.45, 7) is 0.167. The van der Waals surface area contributed by atoms with Gasteiger partial charge in [0.05, 0.1) is 13.2 Å². The van der Waals surface area contributed by atoms with Crippen molar-refractivity contribution in [3.8, 4) is 11.6 Å². The lowest BCUT2D eigenvalue weighted by molar-refractivity contribution is -0.118. The first-order valence-corrected chi connectivity index (χ1v) is 8.02. The van der Waals surface area contributed by atoms with Crippen LogP contribution < -0.4 is 20.5 Å². The van der Waals surface area contributed by atoms with Crippen LogP contribution in [0.2, 0.25) is 0 Å². The number of benzene rings is 1. The number of nitrogens with zero attached hydrogens (tertiary/aromatic N) is 1. The van der Waals surface area contributed by atoms with E-state index >= 15 is 0 Å². The van der Waals surface area contributed by atoms with E-state index in [1.54, 1.807) is 12.1 Å². The Bertz CT molecular complexity index is 692. The van der Waals surface area contributed by atoms with E-state index in [-0.39, 0.29) is 12.4 Å². The fraction of sp³-hybridized carbons (Fsp3) is 0.278. The van der Waals surface area contributed by atoms with Crippen LogP contribution in [0.4, 0.5) is 4.79 Å². The van der Waals surface area contributed by atoms with Crippen LogP contribution in [-0.2, 0) is 11.2 Å². The molecule has 25 heavy (non-hydrogen) atoms. The van der Waals surface area contributed by atoms with Crippen molar-refractivity contribution in [1.82, 2.24) is 10.3 Å². The summed E-state index contributed by atoms with van der Waals surface area (Å²) in [4.78, 5) is 26.6. The highest BCUT2D eigenvalue weighted by Gasteiger charge is 2.13. The third kappa shape index (κ3) is 6.60. The van der Waals surface area contributed by atoms with E-state index < -0.39 is 12.0 Å². The zero-order chi connectivity index (χ0) is 17.9. The van der Waals surface area contributed by atoms with E-state index in [1.807, 2.05) is 23.5 Å². The number of hydrogen-bond donors (Lipinski definition) is 2. The van der Waals surface area contributed by atoms with Crippen LogP contribution in [0.15, 0.2) is 48.7 Å². The van der Waals surface area contributed by atoms with Crippen molar-refractivity contribution in [3.05, 3.63) is 54.2 Å². The monoisotopic (exact) mass is 343 g/mol. The predicted octanol–water partition coefficient (Wildman–Crippen LogP) is 2.06. The number of rotatable bonds is 8. The lowest BCUT2D eigenvalue weighted by Gasteiger charge is -2.10. The summed E-state index contributed by atoms with van der Waals surface area (Å²) in [6.07, 6.45) is 3.33. The molecule has 0 aliphatic carbocycles. The SMILES string of the molecule is NCC(=O)NC(=O)Oc1ncccc1OCCCCc1ccccc1. The maximum Gasteiger partial charge on any atom is 0.420 e. The molecule has 7 heteroatoms. The van der Waals surface area contributed by atoms with Gasteiger partial charge in [0.25, 0.3) is 5.88 Å². The molecule has 2 aromatic rings. The number of nitrogens with one attached hydrogen (secondary N) is 1. The highest BCUT2D eigenvalue weighted by molar-refractivity contribution is 5.93. The van der Waals surface area contributed by atoms with Crippen LogP contribution in [0.25, 0.3) is 0 Å². The molecule has 0 aliphatic heterocycles. The zero-order valence-electron chi connectivity index (χ0n) is 13.8. The molecule has 2 amide bonds. The molecule has 132 valence electrons. The number of ether oxygens (including phenoxy) is 2. The minimum absolute atomic E-state index is 0.00730. The van der Waals surface area contributed by atoms with Crippen molar-refractivity contribution < 1.29 is 19.1 Å². The molecule has 1 aromatic heterocycles. The van der Waals surface area contributed by atoms with Gasteiger partial charge in [-0.05, 0) is 37.0 Å². The van der Waals surface area contributed by atoms with E-state index in [4.69, 9.17) is 15.2 Å². The van der Waals surface area contributed by atoms with Crippen LogP contribution in [-0.4, -0.2) is 30.1 Å². The fourth-order valence-corrected chi connectivity index (χ4v) is 2.10. The number of hydrogen-bond acceptors (Lipinski definition) is 6. The molecule has 0 radical (unpaired) electrons. The standard InChI is InChI=1S/C18H21N3O4/c19-13-16(22)21-18(23)25-17-15(10-6-11-20-17)24-12-5-4-9-14-7-2-1-3-8-14/h1-3,6-8,10-11H,4-5,9,12-13,19H2,(H,21,22,23). The van der Waals surface area contributed by atoms with Crippen molar-refractivity contribution >= 4 is 12.0 Å². The molecule has 0 spiro atoms. The number of aryl methyl sites for hydroxylation is 1. The van der Waals surface area contributed by atoms with E-state index in [9.17, 15) is 9.59 Å². The Morgan fingerprint density at radius 1 is 1.08 bits per heavy atom. The second-order valence-corrected chi connectivity index (χ2v) is 5.24. The van der Waals surface area contributed by atoms with Crippen LogP contribution in [0.3, 0.4) is 0 Å². The van der Waals surface area contributed by atoms with E-state index in [1.165, 1.54) is 11.8 Å². The average Bonchev–Trinajstić information content (AvgIpc) is 2.63. The Hall–Kier alpha value is -2.93. The number of unbranched alkanes of at least 4 members (excludes halogenated alkanes) is 1. The molecular weight excluding hydrogens is 322 g/mol. The number of pyridine rings is 1. The van der Waals surface area contributed by atoms with Crippen molar-refractivity contribution in [2.45, 2.75) is 19.3 Å². The second kappa shape index (κ2) is 10.0. The zero-order valence-corrected chi connectivity index (χ0v) is 13.8. The van der Waals surface area contributed by atoms with Crippen LogP contribution >= 0.6 is 0 Å². The number of nitrogens with two attached hydrogens (primary N) is 1. The number of aromatic nitrogens is 1. The third-order valence-electron chi connectivity index (χ3n) is 3.31. The second-order valence-electron chi connectivity index (χ2n) is 5.24. The molecule has 0 fully saturated rings. The Kier molecular flexibility index (Phi) is 7.40. The first kappa shape index (κ1) is 18.4. The largest absolute Gasteiger partial charge is 0.488 e. The topological polar surface area (TPSA) is 104 Å². The van der Waals surface area contributed by atoms with Crippen LogP contribution in [0.5, 0.6) is 11.6 Å². The number of carbonyl (C=O) groups excluding carboxylic acids is 2. The predicted molar refractivity (Wildman–Crippen MR) is 92.3 cm³/mol. The molecule has 0 unspecified atom stereocenters. The molecule has 1 aromatic carbocycles. The number of imide groups is 1. The molecule has 7 nitrogen and oxygen atoms in total. The Morgan fingerprint density at radius 3 is 2.64 bits per heavy atom. The van der Waals surface area contributed by atoms with Gasteiger partial charge in [-0.2, -0.15) is 0 Å². The average molecular weight is 343 g/mol. The molecule has 0 atom stereocenters. The maximum absolute atomic E-state index is 11.6. The van der Waals surface area contributed by atoms with Gasteiger partial charge >= 0.3 is 6.09 Å². The van der Waals surface area contributed by atoms with Gasteiger partial charge in [-0.15, -0.1) is 0 Å². The number of amides is 2. The summed E-state index contributed by atoms with van der Waals surface area (Å²) in [5, 5.41) is 1.98. The van der Waals surface area contributed by atoms with Gasteiger partial charge in [0.15, 0.2) is 5.75 Å². The first-order valence-electron chi connectivity index (χ1n) is 8.02. The molecule has 0 bridgehead atoms. The molecule has 0 aliphatic rings. The minimum Gasteiger partial charge on any atom is -0.488 e. The molecule has 3 N–H and O–H groups in total. The van der Waals surface area contributed by atoms with Crippen molar-refractivity contribution in [3.63, 3.8) is 0 Å². The van der Waals surface area contributed by atoms with Crippen molar-refractivity contribution in [2.75, 3.05) is 13.2 Å². The van der Waals surface area contributed by atoms with Crippen LogP contribution in [0, 0.1) is 0 Å². The van der Waals surface area contributed by atoms with Crippen molar-refractivity contribution in [2.24, 2.45) is 5.73 Å². The smallest absolute Gasteiger partial charge is 0.420 e. The maximum atomic E-state index is 11.6. The van der Waals surface area contributed by atoms with Gasteiger partial charge in [0, 0.05) is 6.20 Å². The normalized spacial score (nSPS) is 10.1. The minimum atomic E-state index is -0.942. The Balaban J connectivity index is 1.78. The lowest BCUT2D eigenvalue weighted by Crippen LogP contribution is -2.37. The highest BCUT2D eigenvalue weighted by Crippen LogP contribution is 2.23. The highest BCUT2D eigenvalue weighted by atomic mass is 16.6. The molecule has 0 saturated carbocycles. The quantitative estimate of drug-likeness (QED) is 0.711. The van der Waals surface area contributed by atoms with E-state index in [2.05, 4.69) is 17.1 Å².